The third-order valence-electron chi connectivity index (χ3n) is 3.32. The van der Waals surface area contributed by atoms with Gasteiger partial charge in [-0.3, -0.25) is 14.3 Å². The van der Waals surface area contributed by atoms with Crippen molar-refractivity contribution in [2.75, 3.05) is 11.1 Å². The molecule has 0 fully saturated rings. The average molecular weight is 429 g/mol. The van der Waals surface area contributed by atoms with Gasteiger partial charge in [-0.2, -0.15) is 13.2 Å². The number of halogens is 4. The van der Waals surface area contributed by atoms with Gasteiger partial charge in [-0.25, -0.2) is 4.98 Å². The molecule has 3 aromatic rings. The first-order valence-electron chi connectivity index (χ1n) is 7.76. The molecule has 1 N–H and O–H groups in total. The van der Waals surface area contributed by atoms with E-state index in [-0.39, 0.29) is 22.6 Å². The largest absolute Gasteiger partial charge is 0.406 e. The molecular weight excluding hydrogens is 417 g/mol. The highest BCUT2D eigenvalue weighted by Gasteiger charge is 2.31. The van der Waals surface area contributed by atoms with Crippen molar-refractivity contribution in [2.24, 2.45) is 0 Å². The Kier molecular flexibility index (Phi) is 6.15. The van der Waals surface area contributed by atoms with Crippen molar-refractivity contribution >= 4 is 35.1 Å². The number of amides is 1. The van der Waals surface area contributed by atoms with Gasteiger partial charge in [0.15, 0.2) is 11.0 Å². The molecule has 28 heavy (non-hydrogen) atoms. The third-order valence-corrected chi connectivity index (χ3v) is 4.51. The second-order valence-electron chi connectivity index (χ2n) is 5.44. The molecule has 0 aromatic carbocycles. The highest BCUT2D eigenvalue weighted by atomic mass is 35.5. The Bertz CT molecular complexity index is 949. The third kappa shape index (κ3) is 5.42. The number of anilines is 1. The van der Waals surface area contributed by atoms with Crippen LogP contribution in [-0.2, 0) is 11.3 Å². The fourth-order valence-electron chi connectivity index (χ4n) is 2.19. The van der Waals surface area contributed by atoms with Crippen LogP contribution < -0.4 is 5.32 Å². The standard InChI is InChI=1S/C16H12ClF3N6OS/c17-11-1-2-12(22-7-11)23-13(27)8-28-15-25-24-14(10-3-5-21-6-4-10)26(15)9-16(18,19)20/h1-7H,8-9H2,(H,22,23,27). The Balaban J connectivity index is 1.75. The van der Waals surface area contributed by atoms with Crippen LogP contribution in [-0.4, -0.2) is 42.6 Å². The maximum atomic E-state index is 13.0. The van der Waals surface area contributed by atoms with Crippen molar-refractivity contribution in [3.63, 3.8) is 0 Å². The van der Waals surface area contributed by atoms with Crippen LogP contribution in [0.1, 0.15) is 0 Å². The number of thioether (sulfide) groups is 1. The molecule has 0 aliphatic rings. The number of carbonyl (C=O) groups is 1. The molecule has 0 spiro atoms. The molecule has 0 aliphatic heterocycles. The second-order valence-corrected chi connectivity index (χ2v) is 6.82. The Morgan fingerprint density at radius 1 is 1.18 bits per heavy atom. The van der Waals surface area contributed by atoms with E-state index in [0.29, 0.717) is 10.6 Å². The zero-order chi connectivity index (χ0) is 20.1. The van der Waals surface area contributed by atoms with E-state index in [2.05, 4.69) is 25.5 Å². The van der Waals surface area contributed by atoms with E-state index < -0.39 is 18.6 Å². The van der Waals surface area contributed by atoms with Gasteiger partial charge < -0.3 is 5.32 Å². The molecule has 7 nitrogen and oxygen atoms in total. The molecule has 1 amide bonds. The second kappa shape index (κ2) is 8.57. The van der Waals surface area contributed by atoms with Gasteiger partial charge >= 0.3 is 6.18 Å². The van der Waals surface area contributed by atoms with Crippen molar-refractivity contribution in [3.8, 4) is 11.4 Å². The van der Waals surface area contributed by atoms with Crippen molar-refractivity contribution in [1.82, 2.24) is 24.7 Å². The summed E-state index contributed by atoms with van der Waals surface area (Å²) in [6, 6.07) is 6.13. The van der Waals surface area contributed by atoms with Gasteiger partial charge in [0.25, 0.3) is 0 Å². The minimum atomic E-state index is -4.48. The van der Waals surface area contributed by atoms with Gasteiger partial charge in [0.1, 0.15) is 12.4 Å². The Morgan fingerprint density at radius 3 is 2.57 bits per heavy atom. The number of nitrogens with one attached hydrogen (secondary N) is 1. The molecule has 0 unspecified atom stereocenters. The van der Waals surface area contributed by atoms with E-state index in [1.807, 2.05) is 0 Å². The molecule has 3 heterocycles. The quantitative estimate of drug-likeness (QED) is 0.603. The summed E-state index contributed by atoms with van der Waals surface area (Å²) >= 11 is 6.56. The molecule has 0 aliphatic carbocycles. The molecule has 0 atom stereocenters. The first kappa shape index (κ1) is 20.1. The van der Waals surface area contributed by atoms with E-state index in [1.165, 1.54) is 36.8 Å². The summed E-state index contributed by atoms with van der Waals surface area (Å²) < 4.78 is 40.0. The van der Waals surface area contributed by atoms with E-state index in [9.17, 15) is 18.0 Å². The Morgan fingerprint density at radius 2 is 1.93 bits per heavy atom. The van der Waals surface area contributed by atoms with E-state index in [4.69, 9.17) is 11.6 Å². The predicted octanol–water partition coefficient (Wildman–Crippen LogP) is 3.68. The number of alkyl halides is 3. The van der Waals surface area contributed by atoms with Crippen molar-refractivity contribution < 1.29 is 18.0 Å². The van der Waals surface area contributed by atoms with E-state index in [1.54, 1.807) is 6.07 Å². The number of nitrogens with zero attached hydrogens (tertiary/aromatic N) is 5. The summed E-state index contributed by atoms with van der Waals surface area (Å²) in [5, 5.41) is 10.6. The van der Waals surface area contributed by atoms with Gasteiger partial charge in [-0.1, -0.05) is 23.4 Å². The summed E-state index contributed by atoms with van der Waals surface area (Å²) in [4.78, 5) is 19.8. The molecule has 0 bridgehead atoms. The highest BCUT2D eigenvalue weighted by molar-refractivity contribution is 7.99. The molecule has 0 saturated heterocycles. The molecule has 3 rings (SSSR count). The number of carbonyl (C=O) groups excluding carboxylic acids is 1. The van der Waals surface area contributed by atoms with E-state index in [0.717, 1.165) is 16.3 Å². The van der Waals surface area contributed by atoms with Crippen LogP contribution in [0.2, 0.25) is 5.02 Å². The van der Waals surface area contributed by atoms with Crippen molar-refractivity contribution in [3.05, 3.63) is 47.9 Å². The van der Waals surface area contributed by atoms with E-state index >= 15 is 0 Å². The summed E-state index contributed by atoms with van der Waals surface area (Å²) in [6.07, 6.45) is -0.219. The highest BCUT2D eigenvalue weighted by Crippen LogP contribution is 2.28. The topological polar surface area (TPSA) is 85.6 Å². The zero-order valence-corrected chi connectivity index (χ0v) is 15.6. The molecule has 12 heteroatoms. The lowest BCUT2D eigenvalue weighted by molar-refractivity contribution is -0.141. The predicted molar refractivity (Wildman–Crippen MR) is 97.9 cm³/mol. The van der Waals surface area contributed by atoms with Crippen LogP contribution in [0.5, 0.6) is 0 Å². The minimum absolute atomic E-state index is 0.0247. The smallest absolute Gasteiger partial charge is 0.310 e. The van der Waals surface area contributed by atoms with Gasteiger partial charge in [-0.15, -0.1) is 10.2 Å². The van der Waals surface area contributed by atoms with Crippen LogP contribution in [0.25, 0.3) is 11.4 Å². The lowest BCUT2D eigenvalue weighted by Gasteiger charge is -2.12. The monoisotopic (exact) mass is 428 g/mol. The Labute approximate surface area is 166 Å². The molecule has 0 saturated carbocycles. The number of rotatable bonds is 6. The van der Waals surface area contributed by atoms with Crippen molar-refractivity contribution in [2.45, 2.75) is 17.9 Å². The van der Waals surface area contributed by atoms with Gasteiger partial charge in [0.2, 0.25) is 5.91 Å². The molecule has 146 valence electrons. The molecule has 0 radical (unpaired) electrons. The lowest BCUT2D eigenvalue weighted by Crippen LogP contribution is -2.20. The minimum Gasteiger partial charge on any atom is -0.310 e. The number of pyridine rings is 2. The van der Waals surface area contributed by atoms with Crippen LogP contribution >= 0.6 is 23.4 Å². The summed E-state index contributed by atoms with van der Waals surface area (Å²) in [5.74, 6) is -0.297. The SMILES string of the molecule is O=C(CSc1nnc(-c2ccncc2)n1CC(F)(F)F)Nc1ccc(Cl)cn1. The first-order valence-corrected chi connectivity index (χ1v) is 9.13. The summed E-state index contributed by atoms with van der Waals surface area (Å²) in [6.45, 7) is -1.28. The maximum Gasteiger partial charge on any atom is 0.406 e. The number of hydrogen-bond acceptors (Lipinski definition) is 6. The normalized spacial score (nSPS) is 11.4. The summed E-state index contributed by atoms with van der Waals surface area (Å²) in [7, 11) is 0. The fraction of sp³-hybridized carbons (Fsp3) is 0.188. The van der Waals surface area contributed by atoms with Crippen molar-refractivity contribution in [1.29, 1.82) is 0 Å². The zero-order valence-electron chi connectivity index (χ0n) is 14.0. The maximum absolute atomic E-state index is 13.0. The molecular formula is C16H12ClF3N6OS. The number of aromatic nitrogens is 5. The number of hydrogen-bond donors (Lipinski definition) is 1. The van der Waals surface area contributed by atoms with Gasteiger partial charge in [0, 0.05) is 24.2 Å². The first-order chi connectivity index (χ1) is 13.3. The summed E-state index contributed by atoms with van der Waals surface area (Å²) in [5.41, 5.74) is 0.438. The Hall–Kier alpha value is -2.66. The molecule has 3 aromatic heterocycles. The van der Waals surface area contributed by atoms with Gasteiger partial charge in [0.05, 0.1) is 10.8 Å². The van der Waals surface area contributed by atoms with Crippen LogP contribution in [0.3, 0.4) is 0 Å². The lowest BCUT2D eigenvalue weighted by atomic mass is 10.2. The fourth-order valence-corrected chi connectivity index (χ4v) is 3.04. The van der Waals surface area contributed by atoms with Gasteiger partial charge in [-0.05, 0) is 24.3 Å². The average Bonchev–Trinajstić information content (AvgIpc) is 3.03. The van der Waals surface area contributed by atoms with Crippen LogP contribution in [0.15, 0.2) is 48.0 Å². The van der Waals surface area contributed by atoms with Crippen LogP contribution in [0.4, 0.5) is 19.0 Å². The van der Waals surface area contributed by atoms with Crippen LogP contribution in [0, 0.1) is 0 Å².